The summed E-state index contributed by atoms with van der Waals surface area (Å²) in [5.74, 6) is -0.151. The third-order valence-electron chi connectivity index (χ3n) is 7.43. The largest absolute Gasteiger partial charge is 0.496 e. The minimum absolute atomic E-state index is 0.0232. The van der Waals surface area contributed by atoms with E-state index >= 15 is 0 Å². The van der Waals surface area contributed by atoms with Gasteiger partial charge in [0.2, 0.25) is 0 Å². The smallest absolute Gasteiger partial charge is 0.261 e. The van der Waals surface area contributed by atoms with Crippen LogP contribution in [0.3, 0.4) is 0 Å². The van der Waals surface area contributed by atoms with Crippen LogP contribution in [0.25, 0.3) is 0 Å². The molecule has 2 atom stereocenters. The molecule has 8 nitrogen and oxygen atoms in total. The second-order valence-electron chi connectivity index (χ2n) is 9.68. The van der Waals surface area contributed by atoms with E-state index in [9.17, 15) is 14.4 Å². The molecule has 0 spiro atoms. The third kappa shape index (κ3) is 4.88. The molecule has 0 radical (unpaired) electrons. The monoisotopic (exact) mass is 491 g/mol. The van der Waals surface area contributed by atoms with E-state index in [-0.39, 0.29) is 42.0 Å². The fraction of sp³-hybridized carbons (Fsp3) is 0.464. The fourth-order valence-corrected chi connectivity index (χ4v) is 5.49. The highest BCUT2D eigenvalue weighted by Crippen LogP contribution is 2.31. The highest BCUT2D eigenvalue weighted by molar-refractivity contribution is 6.22. The molecule has 0 aliphatic carbocycles. The van der Waals surface area contributed by atoms with Gasteiger partial charge in [-0.25, -0.2) is 0 Å². The van der Waals surface area contributed by atoms with Crippen molar-refractivity contribution in [3.63, 3.8) is 0 Å². The number of imide groups is 1. The van der Waals surface area contributed by atoms with Crippen LogP contribution in [0.4, 0.5) is 0 Å². The Morgan fingerprint density at radius 2 is 1.83 bits per heavy atom. The number of fused-ring (bicyclic) bond motifs is 1. The molecule has 8 heteroatoms. The zero-order valence-corrected chi connectivity index (χ0v) is 20.7. The van der Waals surface area contributed by atoms with E-state index in [1.54, 1.807) is 25.3 Å². The van der Waals surface area contributed by atoms with Gasteiger partial charge in [0.15, 0.2) is 0 Å². The first-order valence-corrected chi connectivity index (χ1v) is 12.8. The molecule has 0 saturated carbocycles. The van der Waals surface area contributed by atoms with Gasteiger partial charge < -0.3 is 14.8 Å². The molecule has 2 saturated heterocycles. The number of benzene rings is 2. The minimum atomic E-state index is -0.361. The maximum absolute atomic E-state index is 13.2. The second-order valence-corrected chi connectivity index (χ2v) is 9.68. The molecule has 1 N–H and O–H groups in total. The van der Waals surface area contributed by atoms with Crippen molar-refractivity contribution in [1.29, 1.82) is 0 Å². The average molecular weight is 492 g/mol. The zero-order chi connectivity index (χ0) is 25.1. The van der Waals surface area contributed by atoms with Crippen molar-refractivity contribution in [3.8, 4) is 5.75 Å². The quantitative estimate of drug-likeness (QED) is 0.570. The van der Waals surface area contributed by atoms with E-state index in [0.717, 1.165) is 50.1 Å². The number of piperidine rings is 1. The van der Waals surface area contributed by atoms with E-state index in [1.165, 1.54) is 11.3 Å². The van der Waals surface area contributed by atoms with Crippen molar-refractivity contribution in [2.24, 2.45) is 0 Å². The van der Waals surface area contributed by atoms with Gasteiger partial charge in [-0.05, 0) is 63.0 Å². The van der Waals surface area contributed by atoms with Gasteiger partial charge in [-0.1, -0.05) is 24.6 Å². The number of nitrogens with one attached hydrogen (secondary N) is 1. The molecule has 3 heterocycles. The Balaban J connectivity index is 1.31. The Kier molecular flexibility index (Phi) is 7.34. The van der Waals surface area contributed by atoms with E-state index in [2.05, 4.69) is 10.2 Å². The first kappa shape index (κ1) is 24.5. The van der Waals surface area contributed by atoms with Gasteiger partial charge in [0.05, 0.1) is 36.9 Å². The number of likely N-dealkylation sites (tertiary alicyclic amines) is 1. The Morgan fingerprint density at radius 1 is 1.06 bits per heavy atom. The summed E-state index contributed by atoms with van der Waals surface area (Å²) in [7, 11) is 1.66. The summed E-state index contributed by atoms with van der Waals surface area (Å²) < 4.78 is 11.2. The molecule has 2 aromatic carbocycles. The summed E-state index contributed by atoms with van der Waals surface area (Å²) >= 11 is 0. The molecule has 3 aliphatic rings. The lowest BCUT2D eigenvalue weighted by Gasteiger charge is -2.35. The predicted molar refractivity (Wildman–Crippen MR) is 134 cm³/mol. The van der Waals surface area contributed by atoms with Crippen molar-refractivity contribution in [1.82, 2.24) is 15.1 Å². The number of hydrogen-bond donors (Lipinski definition) is 1. The lowest BCUT2D eigenvalue weighted by molar-refractivity contribution is 0.0475. The number of ether oxygens (including phenoxy) is 2. The molecular formula is C28H33N3O5. The first-order chi connectivity index (χ1) is 17.6. The van der Waals surface area contributed by atoms with Gasteiger partial charge in [0, 0.05) is 24.3 Å². The van der Waals surface area contributed by atoms with Gasteiger partial charge >= 0.3 is 0 Å². The van der Waals surface area contributed by atoms with Gasteiger partial charge in [-0.15, -0.1) is 0 Å². The molecule has 0 bridgehead atoms. The van der Waals surface area contributed by atoms with Crippen LogP contribution in [0.2, 0.25) is 0 Å². The second kappa shape index (κ2) is 10.8. The summed E-state index contributed by atoms with van der Waals surface area (Å²) in [6.07, 6.45) is 5.13. The van der Waals surface area contributed by atoms with Crippen molar-refractivity contribution < 1.29 is 23.9 Å². The first-order valence-electron chi connectivity index (χ1n) is 12.8. The number of methoxy groups -OCH3 is 1. The molecule has 5 rings (SSSR count). The standard InChI is InChI=1S/C28H33N3O5/c1-35-25-10-4-3-9-22(25)24(30-13-5-2-6-14-30)17-29-26(32)19-11-12-21-23(16-19)28(34)31(27(21)33)18-20-8-7-15-36-20/h3-4,9-12,16,20,24H,2,5-8,13-15,17-18H2,1H3,(H,29,32)/t20-,24-/m1/s1. The molecular weight excluding hydrogens is 458 g/mol. The molecule has 2 aromatic rings. The molecule has 0 unspecified atom stereocenters. The molecule has 3 aliphatic heterocycles. The summed E-state index contributed by atoms with van der Waals surface area (Å²) in [5.41, 5.74) is 2.03. The van der Waals surface area contributed by atoms with Crippen molar-refractivity contribution in [2.45, 2.75) is 44.2 Å². The molecule has 3 amide bonds. The third-order valence-corrected chi connectivity index (χ3v) is 7.43. The topological polar surface area (TPSA) is 88.2 Å². The summed E-state index contributed by atoms with van der Waals surface area (Å²) in [6.45, 7) is 3.26. The van der Waals surface area contributed by atoms with Crippen LogP contribution in [0, 0.1) is 0 Å². The zero-order valence-electron chi connectivity index (χ0n) is 20.7. The normalized spacial score (nSPS) is 20.9. The van der Waals surface area contributed by atoms with Gasteiger partial charge in [-0.2, -0.15) is 0 Å². The minimum Gasteiger partial charge on any atom is -0.496 e. The number of nitrogens with zero attached hydrogens (tertiary/aromatic N) is 2. The van der Waals surface area contributed by atoms with E-state index in [4.69, 9.17) is 9.47 Å². The highest BCUT2D eigenvalue weighted by Gasteiger charge is 2.38. The molecule has 36 heavy (non-hydrogen) atoms. The fourth-order valence-electron chi connectivity index (χ4n) is 5.49. The number of carbonyl (C=O) groups excluding carboxylic acids is 3. The van der Waals surface area contributed by atoms with E-state index < -0.39 is 0 Å². The van der Waals surface area contributed by atoms with Gasteiger partial charge in [0.25, 0.3) is 17.7 Å². The van der Waals surface area contributed by atoms with Crippen LogP contribution in [0.15, 0.2) is 42.5 Å². The van der Waals surface area contributed by atoms with Crippen molar-refractivity contribution >= 4 is 17.7 Å². The van der Waals surface area contributed by atoms with Crippen LogP contribution >= 0.6 is 0 Å². The van der Waals surface area contributed by atoms with Crippen molar-refractivity contribution in [3.05, 3.63) is 64.7 Å². The van der Waals surface area contributed by atoms with E-state index in [0.29, 0.717) is 24.3 Å². The predicted octanol–water partition coefficient (Wildman–Crippen LogP) is 3.43. The van der Waals surface area contributed by atoms with Crippen LogP contribution in [0.1, 0.15) is 74.8 Å². The number of amides is 3. The summed E-state index contributed by atoms with van der Waals surface area (Å²) in [4.78, 5) is 42.6. The maximum atomic E-state index is 13.2. The lowest BCUT2D eigenvalue weighted by Crippen LogP contribution is -2.40. The van der Waals surface area contributed by atoms with Crippen LogP contribution in [0.5, 0.6) is 5.75 Å². The van der Waals surface area contributed by atoms with Crippen molar-refractivity contribution in [2.75, 3.05) is 39.9 Å². The van der Waals surface area contributed by atoms with E-state index in [1.807, 2.05) is 24.3 Å². The van der Waals surface area contributed by atoms with Crippen LogP contribution in [-0.4, -0.2) is 73.5 Å². The molecule has 0 aromatic heterocycles. The van der Waals surface area contributed by atoms with Gasteiger partial charge in [0.1, 0.15) is 5.75 Å². The Labute approximate surface area is 211 Å². The molecule has 2 fully saturated rings. The Morgan fingerprint density at radius 3 is 2.58 bits per heavy atom. The van der Waals surface area contributed by atoms with Crippen LogP contribution < -0.4 is 10.1 Å². The number of carbonyl (C=O) groups is 3. The maximum Gasteiger partial charge on any atom is 0.261 e. The van der Waals surface area contributed by atoms with Gasteiger partial charge in [-0.3, -0.25) is 24.2 Å². The number of hydrogen-bond acceptors (Lipinski definition) is 6. The lowest BCUT2D eigenvalue weighted by atomic mass is 10.00. The van der Waals surface area contributed by atoms with Crippen LogP contribution in [-0.2, 0) is 4.74 Å². The SMILES string of the molecule is COc1ccccc1[C@@H](CNC(=O)c1ccc2c(c1)C(=O)N(C[C@H]1CCCO1)C2=O)N1CCCCC1. The Bertz CT molecular complexity index is 1140. The molecule has 190 valence electrons. The highest BCUT2D eigenvalue weighted by atomic mass is 16.5. The Hall–Kier alpha value is -3.23. The summed E-state index contributed by atoms with van der Waals surface area (Å²) in [5, 5.41) is 3.07. The summed E-state index contributed by atoms with van der Waals surface area (Å²) in [6, 6.07) is 12.6. The number of para-hydroxylation sites is 1. The average Bonchev–Trinajstić information content (AvgIpc) is 3.52. The number of rotatable bonds is 8.